The number of likely N-dealkylation sites (N-methyl/N-ethyl adjacent to an activating group) is 1. The van der Waals surface area contributed by atoms with Crippen molar-refractivity contribution in [1.29, 1.82) is 0 Å². The molecule has 6 rings (SSSR count). The van der Waals surface area contributed by atoms with Crippen LogP contribution in [0, 0.1) is 5.92 Å². The van der Waals surface area contributed by atoms with E-state index >= 15 is 0 Å². The van der Waals surface area contributed by atoms with E-state index in [0.29, 0.717) is 28.7 Å². The number of hydrogen-bond donors (Lipinski definition) is 4. The molecule has 0 bridgehead atoms. The second-order valence-corrected chi connectivity index (χ2v) is 11.8. The molecule has 5 N–H and O–H groups in total. The molecule has 1 amide bonds. The van der Waals surface area contributed by atoms with Gasteiger partial charge >= 0.3 is 0 Å². The number of ether oxygens (including phenoxy) is 2. The fourth-order valence-electron chi connectivity index (χ4n) is 5.28. The molecule has 4 aromatic rings. The number of carbonyl (C=O) groups excluding carboxylic acids is 1. The van der Waals surface area contributed by atoms with Crippen molar-refractivity contribution >= 4 is 46.0 Å². The minimum Gasteiger partial charge on any atom is -0.455 e. The number of hydrogen-bond acceptors (Lipinski definition) is 9. The predicted octanol–water partition coefficient (Wildman–Crippen LogP) is 4.96. The molecule has 220 valence electrons. The van der Waals surface area contributed by atoms with Crippen LogP contribution in [-0.2, 0) is 4.74 Å². The first-order valence-corrected chi connectivity index (χ1v) is 15.2. The van der Waals surface area contributed by atoms with Crippen molar-refractivity contribution in [2.45, 2.75) is 17.7 Å². The maximum atomic E-state index is 13.5. The minimum atomic E-state index is -0.254. The number of anilines is 3. The number of benzene rings is 2. The number of fused-ring (bicyclic) bond motifs is 1. The highest BCUT2D eigenvalue weighted by Crippen LogP contribution is 2.33. The Labute approximate surface area is 250 Å². The molecular weight excluding hydrogens is 550 g/mol. The number of nitrogens with two attached hydrogens (primary N) is 1. The molecule has 0 unspecified atom stereocenters. The zero-order valence-electron chi connectivity index (χ0n) is 23.8. The highest BCUT2D eigenvalue weighted by Gasteiger charge is 2.20. The quantitative estimate of drug-likeness (QED) is 0.159. The lowest BCUT2D eigenvalue weighted by atomic mass is 10.0. The summed E-state index contributed by atoms with van der Waals surface area (Å²) in [6, 6.07) is 15.4. The van der Waals surface area contributed by atoms with Gasteiger partial charge in [0.05, 0.1) is 23.1 Å². The molecule has 2 saturated heterocycles. The summed E-state index contributed by atoms with van der Waals surface area (Å²) >= 11 is 1.23. The van der Waals surface area contributed by atoms with Crippen molar-refractivity contribution in [2.24, 2.45) is 5.92 Å². The second-order valence-electron chi connectivity index (χ2n) is 10.9. The van der Waals surface area contributed by atoms with E-state index in [1.54, 1.807) is 6.20 Å². The summed E-state index contributed by atoms with van der Waals surface area (Å²) in [5.74, 6) is 1.38. The second kappa shape index (κ2) is 12.9. The monoisotopic (exact) mass is 587 g/mol. The van der Waals surface area contributed by atoms with Gasteiger partial charge in [-0.25, -0.2) is 4.98 Å². The maximum absolute atomic E-state index is 13.5. The van der Waals surface area contributed by atoms with Gasteiger partial charge in [0.25, 0.3) is 5.91 Å². The van der Waals surface area contributed by atoms with Crippen LogP contribution in [-0.4, -0.2) is 73.8 Å². The van der Waals surface area contributed by atoms with Crippen LogP contribution in [0.3, 0.4) is 0 Å². The molecular formula is C31H37N7O3S. The minimum absolute atomic E-state index is 0.254. The van der Waals surface area contributed by atoms with Crippen LogP contribution in [0.25, 0.3) is 11.0 Å². The molecule has 0 spiro atoms. The number of aromatic amines is 1. The Hall–Kier alpha value is -3.93. The number of carbonyl (C=O) groups is 1. The lowest BCUT2D eigenvalue weighted by molar-refractivity contribution is 0.0699. The van der Waals surface area contributed by atoms with E-state index in [4.69, 9.17) is 15.2 Å². The van der Waals surface area contributed by atoms with Crippen LogP contribution < -0.4 is 25.4 Å². The van der Waals surface area contributed by atoms with Crippen molar-refractivity contribution in [3.8, 4) is 11.5 Å². The predicted molar refractivity (Wildman–Crippen MR) is 169 cm³/mol. The summed E-state index contributed by atoms with van der Waals surface area (Å²) in [4.78, 5) is 26.5. The topological polar surface area (TPSA) is 121 Å². The van der Waals surface area contributed by atoms with E-state index in [0.717, 1.165) is 86.1 Å². The lowest BCUT2D eigenvalue weighted by Gasteiger charge is -2.34. The van der Waals surface area contributed by atoms with Crippen LogP contribution in [0.1, 0.15) is 23.2 Å². The van der Waals surface area contributed by atoms with Crippen molar-refractivity contribution < 1.29 is 14.3 Å². The van der Waals surface area contributed by atoms with Gasteiger partial charge in [-0.1, -0.05) is 0 Å². The third-order valence-corrected chi connectivity index (χ3v) is 8.66. The molecule has 0 atom stereocenters. The molecule has 4 heterocycles. The van der Waals surface area contributed by atoms with Crippen molar-refractivity contribution in [1.82, 2.24) is 19.6 Å². The van der Waals surface area contributed by atoms with Gasteiger partial charge in [0.2, 0.25) is 0 Å². The number of rotatable bonds is 9. The largest absolute Gasteiger partial charge is 0.455 e. The van der Waals surface area contributed by atoms with Gasteiger partial charge in [0.1, 0.15) is 17.1 Å². The van der Waals surface area contributed by atoms with E-state index in [2.05, 4.69) is 36.9 Å². The third kappa shape index (κ3) is 6.75. The Morgan fingerprint density at radius 1 is 1.12 bits per heavy atom. The Kier molecular flexibility index (Phi) is 8.68. The summed E-state index contributed by atoms with van der Waals surface area (Å²) < 4.78 is 14.7. The molecule has 2 aromatic heterocycles. The van der Waals surface area contributed by atoms with E-state index in [9.17, 15) is 4.79 Å². The summed E-state index contributed by atoms with van der Waals surface area (Å²) in [6.45, 7) is 6.30. The molecule has 0 aliphatic carbocycles. The van der Waals surface area contributed by atoms with Crippen molar-refractivity contribution in [3.63, 3.8) is 0 Å². The zero-order valence-corrected chi connectivity index (χ0v) is 24.6. The maximum Gasteiger partial charge on any atom is 0.265 e. The van der Waals surface area contributed by atoms with Crippen molar-refractivity contribution in [2.75, 3.05) is 68.9 Å². The van der Waals surface area contributed by atoms with Crippen LogP contribution >= 0.6 is 11.9 Å². The highest BCUT2D eigenvalue weighted by atomic mass is 32.2. The Bertz CT molecular complexity index is 1530. The number of aromatic nitrogens is 2. The highest BCUT2D eigenvalue weighted by molar-refractivity contribution is 7.98. The standard InChI is InChI=1S/C31H37N7O3S/c1-37-10-12-38(13-11-37)23-2-4-26(29(17-23)41-24-16-22-6-9-33-30(22)35-20-24)31(39)36-42-25-3-5-28(27(32)18-25)34-19-21-7-14-40-15-8-21/h2-6,9,16-18,20-21,34H,7-8,10-15,19,32H2,1H3,(H,33,35)(H,36,39). The first-order valence-electron chi connectivity index (χ1n) is 14.4. The zero-order chi connectivity index (χ0) is 28.9. The third-order valence-electron chi connectivity index (χ3n) is 7.89. The number of amides is 1. The van der Waals surface area contributed by atoms with Gasteiger partial charge < -0.3 is 35.3 Å². The van der Waals surface area contributed by atoms with Gasteiger partial charge in [-0.3, -0.25) is 9.52 Å². The van der Waals surface area contributed by atoms with E-state index in [-0.39, 0.29) is 5.91 Å². The molecule has 42 heavy (non-hydrogen) atoms. The number of pyridine rings is 1. The normalized spacial score (nSPS) is 16.5. The summed E-state index contributed by atoms with van der Waals surface area (Å²) in [7, 11) is 2.13. The molecule has 2 aliphatic heterocycles. The van der Waals surface area contributed by atoms with E-state index in [1.165, 1.54) is 11.9 Å². The van der Waals surface area contributed by atoms with Gasteiger partial charge in [0.15, 0.2) is 0 Å². The van der Waals surface area contributed by atoms with Crippen LogP contribution in [0.5, 0.6) is 11.5 Å². The molecule has 10 nitrogen and oxygen atoms in total. The molecule has 0 saturated carbocycles. The Morgan fingerprint density at radius 3 is 2.76 bits per heavy atom. The molecule has 0 radical (unpaired) electrons. The van der Waals surface area contributed by atoms with Crippen LogP contribution in [0.2, 0.25) is 0 Å². The number of nitrogens with one attached hydrogen (secondary N) is 3. The molecule has 2 aliphatic rings. The number of nitrogens with zero attached hydrogens (tertiary/aromatic N) is 3. The van der Waals surface area contributed by atoms with Gasteiger partial charge in [-0.05, 0) is 80.2 Å². The van der Waals surface area contributed by atoms with Gasteiger partial charge in [-0.2, -0.15) is 0 Å². The molecule has 2 aromatic carbocycles. The number of nitrogen functional groups attached to an aromatic ring is 1. The van der Waals surface area contributed by atoms with Gasteiger partial charge in [0, 0.05) is 74.2 Å². The summed E-state index contributed by atoms with van der Waals surface area (Å²) in [5.41, 5.74) is 10.1. The van der Waals surface area contributed by atoms with Crippen molar-refractivity contribution in [3.05, 3.63) is 66.5 Å². The Morgan fingerprint density at radius 2 is 1.95 bits per heavy atom. The summed E-state index contributed by atoms with van der Waals surface area (Å²) in [6.07, 6.45) is 5.63. The lowest BCUT2D eigenvalue weighted by Crippen LogP contribution is -2.44. The van der Waals surface area contributed by atoms with Crippen LogP contribution in [0.15, 0.2) is 65.8 Å². The first kappa shape index (κ1) is 28.2. The number of piperazine rings is 1. The summed E-state index contributed by atoms with van der Waals surface area (Å²) in [5, 5.41) is 4.41. The van der Waals surface area contributed by atoms with Gasteiger partial charge in [-0.15, -0.1) is 0 Å². The number of H-pyrrole nitrogens is 1. The molecule has 11 heteroatoms. The fourth-order valence-corrected chi connectivity index (χ4v) is 5.92. The van der Waals surface area contributed by atoms with E-state index in [1.807, 2.05) is 54.7 Å². The fraction of sp³-hybridized carbons (Fsp3) is 0.355. The SMILES string of the molecule is CN1CCN(c2ccc(C(=O)NSc3ccc(NCC4CCOCC4)c(N)c3)c(Oc3cnc4[nH]ccc4c3)c2)CC1. The Balaban J connectivity index is 1.16. The first-order chi connectivity index (χ1) is 20.5. The average Bonchev–Trinajstić information content (AvgIpc) is 3.48. The smallest absolute Gasteiger partial charge is 0.265 e. The van der Waals surface area contributed by atoms with E-state index < -0.39 is 0 Å². The van der Waals surface area contributed by atoms with Crippen LogP contribution in [0.4, 0.5) is 17.1 Å². The molecule has 2 fully saturated rings. The average molecular weight is 588 g/mol.